The number of rotatable bonds is 8. The van der Waals surface area contributed by atoms with Gasteiger partial charge in [-0.15, -0.1) is 0 Å². The van der Waals surface area contributed by atoms with Crippen LogP contribution in [0.4, 0.5) is 0 Å². The van der Waals surface area contributed by atoms with Crippen molar-refractivity contribution < 1.29 is 19.1 Å². The van der Waals surface area contributed by atoms with Crippen molar-refractivity contribution >= 4 is 11.9 Å². The van der Waals surface area contributed by atoms with Crippen LogP contribution in [0.15, 0.2) is 48.5 Å². The van der Waals surface area contributed by atoms with Gasteiger partial charge in [0.05, 0.1) is 17.7 Å². The van der Waals surface area contributed by atoms with Crippen LogP contribution < -0.4 is 4.74 Å². The third-order valence-electron chi connectivity index (χ3n) is 4.26. The minimum atomic E-state index is -0.444. The maximum absolute atomic E-state index is 12.4. The van der Waals surface area contributed by atoms with Gasteiger partial charge in [-0.2, -0.15) is 0 Å². The molecular formula is C23H28O4. The molecular weight excluding hydrogens is 340 g/mol. The number of para-hydroxylation sites is 1. The number of carbonyl (C=O) groups excluding carboxylic acids is 2. The van der Waals surface area contributed by atoms with Crippen molar-refractivity contribution in [2.75, 3.05) is 6.61 Å². The Balaban J connectivity index is 1.96. The lowest BCUT2D eigenvalue weighted by Crippen LogP contribution is -2.11. The van der Waals surface area contributed by atoms with Crippen molar-refractivity contribution in [3.05, 3.63) is 65.2 Å². The first-order valence-corrected chi connectivity index (χ1v) is 9.46. The molecule has 0 heterocycles. The Labute approximate surface area is 161 Å². The fourth-order valence-electron chi connectivity index (χ4n) is 2.69. The summed E-state index contributed by atoms with van der Waals surface area (Å²) in [6.07, 6.45) is 1.87. The zero-order chi connectivity index (χ0) is 19.8. The Morgan fingerprint density at radius 2 is 1.44 bits per heavy atom. The Morgan fingerprint density at radius 1 is 0.852 bits per heavy atom. The lowest BCUT2D eigenvalue weighted by atomic mass is 10.0. The van der Waals surface area contributed by atoms with Crippen LogP contribution in [-0.4, -0.2) is 18.5 Å². The van der Waals surface area contributed by atoms with Crippen LogP contribution in [0.3, 0.4) is 0 Å². The van der Waals surface area contributed by atoms with Crippen LogP contribution in [-0.2, 0) is 4.74 Å². The van der Waals surface area contributed by atoms with Gasteiger partial charge in [0.15, 0.2) is 0 Å². The summed E-state index contributed by atoms with van der Waals surface area (Å²) in [5.74, 6) is 0.589. The van der Waals surface area contributed by atoms with Gasteiger partial charge in [0.1, 0.15) is 5.75 Å². The van der Waals surface area contributed by atoms with E-state index in [1.807, 2.05) is 32.0 Å². The molecule has 0 aliphatic carbocycles. The second-order valence-corrected chi connectivity index (χ2v) is 7.33. The van der Waals surface area contributed by atoms with Crippen LogP contribution in [0.1, 0.15) is 72.7 Å². The molecule has 2 aromatic carbocycles. The largest absolute Gasteiger partial charge is 0.462 e. The van der Waals surface area contributed by atoms with E-state index >= 15 is 0 Å². The molecule has 4 heteroatoms. The first-order valence-electron chi connectivity index (χ1n) is 9.46. The average molecular weight is 368 g/mol. The van der Waals surface area contributed by atoms with E-state index in [0.29, 0.717) is 29.4 Å². The lowest BCUT2D eigenvalue weighted by molar-refractivity contribution is 0.0494. The third-order valence-corrected chi connectivity index (χ3v) is 4.26. The molecule has 0 bridgehead atoms. The van der Waals surface area contributed by atoms with Gasteiger partial charge in [-0.3, -0.25) is 0 Å². The molecule has 0 amide bonds. The molecule has 0 fully saturated rings. The van der Waals surface area contributed by atoms with Gasteiger partial charge in [0.25, 0.3) is 0 Å². The summed E-state index contributed by atoms with van der Waals surface area (Å²) >= 11 is 0. The molecule has 0 aromatic heterocycles. The summed E-state index contributed by atoms with van der Waals surface area (Å²) < 4.78 is 10.8. The molecule has 0 unspecified atom stereocenters. The van der Waals surface area contributed by atoms with E-state index in [1.165, 1.54) is 0 Å². The minimum Gasteiger partial charge on any atom is -0.462 e. The number of ether oxygens (including phenoxy) is 2. The molecule has 2 aromatic rings. The fourth-order valence-corrected chi connectivity index (χ4v) is 2.69. The molecule has 0 atom stereocenters. The lowest BCUT2D eigenvalue weighted by Gasteiger charge is -2.12. The predicted octanol–water partition coefficient (Wildman–Crippen LogP) is 5.62. The smallest absolute Gasteiger partial charge is 0.343 e. The summed E-state index contributed by atoms with van der Waals surface area (Å²) in [7, 11) is 0. The summed E-state index contributed by atoms with van der Waals surface area (Å²) in [4.78, 5) is 24.4. The van der Waals surface area contributed by atoms with E-state index in [-0.39, 0.29) is 11.9 Å². The number of hydrogen-bond acceptors (Lipinski definition) is 4. The number of hydrogen-bond donors (Lipinski definition) is 0. The molecule has 2 rings (SSSR count). The Bertz CT molecular complexity index is 760. The normalized spacial score (nSPS) is 10.9. The third kappa shape index (κ3) is 6.24. The molecule has 0 N–H and O–H groups in total. The van der Waals surface area contributed by atoms with Crippen LogP contribution in [0.25, 0.3) is 0 Å². The highest BCUT2D eigenvalue weighted by Crippen LogP contribution is 2.26. The van der Waals surface area contributed by atoms with Gasteiger partial charge in [-0.1, -0.05) is 45.9 Å². The van der Waals surface area contributed by atoms with E-state index in [2.05, 4.69) is 13.8 Å². The van der Waals surface area contributed by atoms with Gasteiger partial charge < -0.3 is 9.47 Å². The summed E-state index contributed by atoms with van der Waals surface area (Å²) in [5.41, 5.74) is 1.80. The molecule has 0 spiro atoms. The van der Waals surface area contributed by atoms with Crippen molar-refractivity contribution in [1.82, 2.24) is 0 Å². The van der Waals surface area contributed by atoms with Crippen molar-refractivity contribution in [2.24, 2.45) is 5.92 Å². The zero-order valence-corrected chi connectivity index (χ0v) is 16.5. The highest BCUT2D eigenvalue weighted by molar-refractivity contribution is 5.94. The topological polar surface area (TPSA) is 52.6 Å². The first kappa shape index (κ1) is 20.7. The summed E-state index contributed by atoms with van der Waals surface area (Å²) in [6.45, 7) is 8.79. The van der Waals surface area contributed by atoms with Crippen molar-refractivity contribution in [2.45, 2.75) is 46.5 Å². The van der Waals surface area contributed by atoms with Gasteiger partial charge in [0.2, 0.25) is 0 Å². The molecule has 4 nitrogen and oxygen atoms in total. The van der Waals surface area contributed by atoms with E-state index in [9.17, 15) is 9.59 Å². The van der Waals surface area contributed by atoms with Gasteiger partial charge in [-0.25, -0.2) is 9.59 Å². The highest BCUT2D eigenvalue weighted by atomic mass is 16.5. The number of esters is 2. The van der Waals surface area contributed by atoms with Crippen LogP contribution in [0.5, 0.6) is 5.75 Å². The molecule has 0 saturated heterocycles. The molecule has 0 aliphatic heterocycles. The minimum absolute atomic E-state index is 0.252. The van der Waals surface area contributed by atoms with E-state index in [4.69, 9.17) is 9.47 Å². The quantitative estimate of drug-likeness (QED) is 0.345. The average Bonchev–Trinajstić information content (AvgIpc) is 2.65. The molecule has 0 aliphatic rings. The number of benzene rings is 2. The Hall–Kier alpha value is -2.62. The van der Waals surface area contributed by atoms with Crippen LogP contribution >= 0.6 is 0 Å². The highest BCUT2D eigenvalue weighted by Gasteiger charge is 2.14. The van der Waals surface area contributed by atoms with Crippen molar-refractivity contribution in [3.8, 4) is 5.75 Å². The Kier molecular flexibility index (Phi) is 7.59. The standard InChI is InChI=1S/C23H28O4/c1-16(2)8-7-15-26-22(24)18-11-13-19(14-12-18)23(25)27-21-10-6-5-9-20(21)17(3)4/h5-6,9-14,16-17H,7-8,15H2,1-4H3. The first-order chi connectivity index (χ1) is 12.9. The van der Waals surface area contributed by atoms with Crippen molar-refractivity contribution in [1.29, 1.82) is 0 Å². The van der Waals surface area contributed by atoms with E-state index in [0.717, 1.165) is 18.4 Å². The van der Waals surface area contributed by atoms with Crippen LogP contribution in [0.2, 0.25) is 0 Å². The monoisotopic (exact) mass is 368 g/mol. The SMILES string of the molecule is CC(C)CCCOC(=O)c1ccc(C(=O)Oc2ccccc2C(C)C)cc1. The van der Waals surface area contributed by atoms with Crippen LogP contribution in [0, 0.1) is 5.92 Å². The fraction of sp³-hybridized carbons (Fsp3) is 0.391. The second-order valence-electron chi connectivity index (χ2n) is 7.33. The molecule has 27 heavy (non-hydrogen) atoms. The molecule has 144 valence electrons. The van der Waals surface area contributed by atoms with Crippen molar-refractivity contribution in [3.63, 3.8) is 0 Å². The summed E-state index contributed by atoms with van der Waals surface area (Å²) in [6, 6.07) is 13.9. The predicted molar refractivity (Wildman–Crippen MR) is 106 cm³/mol. The maximum Gasteiger partial charge on any atom is 0.343 e. The Morgan fingerprint density at radius 3 is 2.04 bits per heavy atom. The molecule has 0 saturated carbocycles. The van der Waals surface area contributed by atoms with E-state index in [1.54, 1.807) is 30.3 Å². The zero-order valence-electron chi connectivity index (χ0n) is 16.5. The maximum atomic E-state index is 12.4. The second kappa shape index (κ2) is 9.91. The van der Waals surface area contributed by atoms with Gasteiger partial charge >= 0.3 is 11.9 Å². The number of carbonyl (C=O) groups is 2. The van der Waals surface area contributed by atoms with Gasteiger partial charge in [0, 0.05) is 0 Å². The molecule has 0 radical (unpaired) electrons. The summed E-state index contributed by atoms with van der Waals surface area (Å²) in [5, 5.41) is 0. The van der Waals surface area contributed by atoms with E-state index < -0.39 is 5.97 Å². The van der Waals surface area contributed by atoms with Gasteiger partial charge in [-0.05, 0) is 60.6 Å².